The van der Waals surface area contributed by atoms with E-state index >= 15 is 0 Å². The van der Waals surface area contributed by atoms with E-state index in [1.165, 1.54) is 18.4 Å². The van der Waals surface area contributed by atoms with Crippen molar-refractivity contribution in [2.24, 2.45) is 5.92 Å². The van der Waals surface area contributed by atoms with Gasteiger partial charge in [0.25, 0.3) is 0 Å². The van der Waals surface area contributed by atoms with Gasteiger partial charge >= 0.3 is 0 Å². The Morgan fingerprint density at radius 1 is 1.19 bits per heavy atom. The molecule has 1 unspecified atom stereocenters. The molecule has 3 atom stereocenters. The molecule has 3 rings (SSSR count). The van der Waals surface area contributed by atoms with Gasteiger partial charge in [-0.1, -0.05) is 46.1 Å². The molecule has 2 aliphatic rings. The topological polar surface area (TPSA) is 62.2 Å². The molecule has 0 spiro atoms. The van der Waals surface area contributed by atoms with Gasteiger partial charge in [-0.2, -0.15) is 0 Å². The van der Waals surface area contributed by atoms with E-state index in [0.717, 1.165) is 50.3 Å². The average Bonchev–Trinajstić information content (AvgIpc) is 3.40. The highest BCUT2D eigenvalue weighted by atomic mass is 16.7. The highest BCUT2D eigenvalue weighted by Gasteiger charge is 2.35. The van der Waals surface area contributed by atoms with Gasteiger partial charge in [-0.15, -0.1) is 0 Å². The van der Waals surface area contributed by atoms with Crippen LogP contribution in [0.2, 0.25) is 0 Å². The summed E-state index contributed by atoms with van der Waals surface area (Å²) in [5.41, 5.74) is 1.28. The van der Waals surface area contributed by atoms with Crippen LogP contribution >= 0.6 is 0 Å². The second kappa shape index (κ2) is 12.4. The number of aliphatic hydroxyl groups is 1. The Kier molecular flexibility index (Phi) is 9.67. The predicted octanol–water partition coefficient (Wildman–Crippen LogP) is 4.41. The predicted molar refractivity (Wildman–Crippen MR) is 127 cm³/mol. The minimum atomic E-state index is 0.128. The number of hydrogen-bond donors (Lipinski definition) is 1. The minimum absolute atomic E-state index is 0.128. The first kappa shape index (κ1) is 24.8. The van der Waals surface area contributed by atoms with Gasteiger partial charge in [0.1, 0.15) is 0 Å². The highest BCUT2D eigenvalue weighted by Crippen LogP contribution is 2.40. The normalized spacial score (nSPS) is 21.1. The maximum absolute atomic E-state index is 13.2. The zero-order valence-electron chi connectivity index (χ0n) is 20.2. The Balaban J connectivity index is 1.70. The summed E-state index contributed by atoms with van der Waals surface area (Å²) in [6.45, 7) is 9.95. The Hall–Kier alpha value is -1.79. The number of carbonyl (C=O) groups excluding carboxylic acids is 1. The third kappa shape index (κ3) is 6.61. The van der Waals surface area contributed by atoms with Gasteiger partial charge in [0, 0.05) is 32.3 Å². The summed E-state index contributed by atoms with van der Waals surface area (Å²) >= 11 is 0. The maximum Gasteiger partial charge on any atom is 0.236 e. The summed E-state index contributed by atoms with van der Waals surface area (Å²) in [5.74, 6) is 2.91. The lowest BCUT2D eigenvalue weighted by Gasteiger charge is -2.29. The maximum atomic E-state index is 13.2. The number of nitrogens with zero attached hydrogens (tertiary/aromatic N) is 2. The molecule has 1 fully saturated rings. The van der Waals surface area contributed by atoms with Crippen LogP contribution < -0.4 is 9.47 Å². The van der Waals surface area contributed by atoms with E-state index in [1.807, 2.05) is 11.0 Å². The quantitative estimate of drug-likeness (QED) is 0.486. The molecule has 0 bridgehead atoms. The van der Waals surface area contributed by atoms with E-state index in [0.29, 0.717) is 44.2 Å². The fourth-order valence-electron chi connectivity index (χ4n) is 5.15. The molecule has 32 heavy (non-hydrogen) atoms. The second-order valence-corrected chi connectivity index (χ2v) is 9.57. The SMILES string of the molecule is CCCCN(CCCO)C(=O)CN1C[C@H](c2ccc3c(c2)OCO3)C[C@@H]1CC(C)CCC. The molecule has 1 N–H and O–H groups in total. The summed E-state index contributed by atoms with van der Waals surface area (Å²) in [6.07, 6.45) is 7.35. The van der Waals surface area contributed by atoms with Crippen LogP contribution in [0.15, 0.2) is 18.2 Å². The van der Waals surface area contributed by atoms with Crippen molar-refractivity contribution < 1.29 is 19.4 Å². The van der Waals surface area contributed by atoms with Gasteiger partial charge in [0.05, 0.1) is 6.54 Å². The first-order chi connectivity index (χ1) is 15.5. The number of hydrogen-bond acceptors (Lipinski definition) is 5. The highest BCUT2D eigenvalue weighted by molar-refractivity contribution is 5.78. The molecule has 2 aliphatic heterocycles. The summed E-state index contributed by atoms with van der Waals surface area (Å²) in [6, 6.07) is 6.72. The van der Waals surface area contributed by atoms with Gasteiger partial charge < -0.3 is 19.5 Å². The van der Waals surface area contributed by atoms with Crippen molar-refractivity contribution in [2.45, 2.75) is 77.7 Å². The Morgan fingerprint density at radius 3 is 2.72 bits per heavy atom. The lowest BCUT2D eigenvalue weighted by atomic mass is 9.91. The first-order valence-corrected chi connectivity index (χ1v) is 12.6. The van der Waals surface area contributed by atoms with E-state index < -0.39 is 0 Å². The molecular formula is C26H42N2O4. The van der Waals surface area contributed by atoms with E-state index in [-0.39, 0.29) is 12.5 Å². The molecule has 0 radical (unpaired) electrons. The number of unbranched alkanes of at least 4 members (excludes halogenated alkanes) is 1. The van der Waals surface area contributed by atoms with Crippen LogP contribution in [0.1, 0.15) is 77.2 Å². The molecule has 6 heteroatoms. The fourth-order valence-corrected chi connectivity index (χ4v) is 5.15. The molecule has 180 valence electrons. The zero-order valence-corrected chi connectivity index (χ0v) is 20.2. The van der Waals surface area contributed by atoms with Crippen LogP contribution in [0.5, 0.6) is 11.5 Å². The molecule has 1 aromatic rings. The second-order valence-electron chi connectivity index (χ2n) is 9.57. The molecule has 1 amide bonds. The minimum Gasteiger partial charge on any atom is -0.454 e. The van der Waals surface area contributed by atoms with Crippen molar-refractivity contribution in [3.8, 4) is 11.5 Å². The lowest BCUT2D eigenvalue weighted by molar-refractivity contribution is -0.133. The van der Waals surface area contributed by atoms with Crippen molar-refractivity contribution in [3.05, 3.63) is 23.8 Å². The van der Waals surface area contributed by atoms with E-state index in [4.69, 9.17) is 9.47 Å². The lowest BCUT2D eigenvalue weighted by Crippen LogP contribution is -2.43. The number of rotatable bonds is 13. The van der Waals surface area contributed by atoms with E-state index in [2.05, 4.69) is 37.8 Å². The summed E-state index contributed by atoms with van der Waals surface area (Å²) < 4.78 is 11.1. The van der Waals surface area contributed by atoms with E-state index in [9.17, 15) is 9.90 Å². The largest absolute Gasteiger partial charge is 0.454 e. The smallest absolute Gasteiger partial charge is 0.236 e. The van der Waals surface area contributed by atoms with Gasteiger partial charge in [-0.25, -0.2) is 0 Å². The molecule has 2 heterocycles. The van der Waals surface area contributed by atoms with Crippen LogP contribution in [-0.4, -0.2) is 66.4 Å². The van der Waals surface area contributed by atoms with Gasteiger partial charge in [0.2, 0.25) is 12.7 Å². The number of fused-ring (bicyclic) bond motifs is 1. The standard InChI is InChI=1S/C26H42N2O4/c1-4-6-11-27(12-7-13-29)26(30)18-28-17-22(15-23(28)14-20(3)8-5-2)21-9-10-24-25(16-21)32-19-31-24/h9-10,16,20,22-23,29H,4-8,11-15,17-19H2,1-3H3/t20?,22-,23+/m1/s1. The monoisotopic (exact) mass is 446 g/mol. The van der Waals surface area contributed by atoms with Crippen LogP contribution in [0.4, 0.5) is 0 Å². The van der Waals surface area contributed by atoms with Crippen molar-refractivity contribution >= 4 is 5.91 Å². The molecule has 6 nitrogen and oxygen atoms in total. The van der Waals surface area contributed by atoms with Gasteiger partial charge in [-0.05, 0) is 55.2 Å². The molecule has 0 aromatic heterocycles. The van der Waals surface area contributed by atoms with Crippen LogP contribution in [0.3, 0.4) is 0 Å². The third-order valence-corrected chi connectivity index (χ3v) is 6.91. The van der Waals surface area contributed by atoms with Crippen LogP contribution in [0.25, 0.3) is 0 Å². The summed E-state index contributed by atoms with van der Waals surface area (Å²) in [7, 11) is 0. The van der Waals surface area contributed by atoms with E-state index in [1.54, 1.807) is 0 Å². The molecule has 1 aromatic carbocycles. The Labute approximate surface area is 193 Å². The number of amides is 1. The number of benzene rings is 1. The number of aliphatic hydroxyl groups excluding tert-OH is 1. The third-order valence-electron chi connectivity index (χ3n) is 6.91. The van der Waals surface area contributed by atoms with Crippen molar-refractivity contribution in [1.29, 1.82) is 0 Å². The summed E-state index contributed by atoms with van der Waals surface area (Å²) in [4.78, 5) is 17.6. The number of ether oxygens (including phenoxy) is 2. The molecule has 1 saturated heterocycles. The van der Waals surface area contributed by atoms with Crippen molar-refractivity contribution in [3.63, 3.8) is 0 Å². The van der Waals surface area contributed by atoms with Crippen LogP contribution in [-0.2, 0) is 4.79 Å². The van der Waals surface area contributed by atoms with Crippen molar-refractivity contribution in [1.82, 2.24) is 9.80 Å². The molecule has 0 aliphatic carbocycles. The number of carbonyl (C=O) groups is 1. The van der Waals surface area contributed by atoms with Crippen LogP contribution in [0, 0.1) is 5.92 Å². The fraction of sp³-hybridized carbons (Fsp3) is 0.731. The first-order valence-electron chi connectivity index (χ1n) is 12.6. The Bertz CT molecular complexity index is 718. The van der Waals surface area contributed by atoms with Gasteiger partial charge in [0.15, 0.2) is 11.5 Å². The summed E-state index contributed by atoms with van der Waals surface area (Å²) in [5, 5.41) is 9.26. The zero-order chi connectivity index (χ0) is 22.9. The van der Waals surface area contributed by atoms with Gasteiger partial charge in [-0.3, -0.25) is 9.69 Å². The number of likely N-dealkylation sites (tertiary alicyclic amines) is 1. The average molecular weight is 447 g/mol. The molecule has 0 saturated carbocycles. The Morgan fingerprint density at radius 2 is 1.97 bits per heavy atom. The van der Waals surface area contributed by atoms with Crippen molar-refractivity contribution in [2.75, 3.05) is 39.6 Å². The molecular weight excluding hydrogens is 404 g/mol.